The van der Waals surface area contributed by atoms with Crippen LogP contribution >= 0.6 is 0 Å². The van der Waals surface area contributed by atoms with Crippen molar-refractivity contribution in [2.75, 3.05) is 45.9 Å². The highest BCUT2D eigenvalue weighted by Gasteiger charge is 2.39. The zero-order chi connectivity index (χ0) is 24.6. The molecule has 3 rings (SSSR count). The molecule has 6 nitrogen and oxygen atoms in total. The lowest BCUT2D eigenvalue weighted by Crippen LogP contribution is -2.59. The van der Waals surface area contributed by atoms with Crippen LogP contribution < -0.4 is 0 Å². The molecule has 0 aromatic heterocycles. The van der Waals surface area contributed by atoms with Crippen molar-refractivity contribution in [3.63, 3.8) is 0 Å². The highest BCUT2D eigenvalue weighted by molar-refractivity contribution is 4.92. The van der Waals surface area contributed by atoms with Gasteiger partial charge in [0.25, 0.3) is 0 Å². The van der Waals surface area contributed by atoms with Crippen LogP contribution in [0.25, 0.3) is 0 Å². The van der Waals surface area contributed by atoms with Gasteiger partial charge in [-0.15, -0.1) is 0 Å². The van der Waals surface area contributed by atoms with Crippen LogP contribution in [0.4, 0.5) is 0 Å². The number of hydrogen-bond donors (Lipinski definition) is 0. The molecule has 0 saturated carbocycles. The van der Waals surface area contributed by atoms with Gasteiger partial charge in [-0.2, -0.15) is 0 Å². The summed E-state index contributed by atoms with van der Waals surface area (Å²) in [6, 6.07) is 0. The lowest BCUT2D eigenvalue weighted by Gasteiger charge is -2.48. The van der Waals surface area contributed by atoms with Gasteiger partial charge in [-0.05, 0) is 69.2 Å². The minimum absolute atomic E-state index is 0.128. The molecule has 194 valence electrons. The highest BCUT2D eigenvalue weighted by Crippen LogP contribution is 2.29. The second-order valence-electron chi connectivity index (χ2n) is 13.7. The molecular weight excluding hydrogens is 414 g/mol. The number of hydrogen-bond acceptors (Lipinski definition) is 6. The summed E-state index contributed by atoms with van der Waals surface area (Å²) in [5, 5.41) is 0. The quantitative estimate of drug-likeness (QED) is 0.622. The maximum Gasteiger partial charge on any atom is 0.0731 e. The van der Waals surface area contributed by atoms with Crippen LogP contribution in [0.1, 0.15) is 82.1 Å². The Balaban J connectivity index is 1.64. The predicted molar refractivity (Wildman–Crippen MR) is 136 cm³/mol. The Morgan fingerprint density at radius 1 is 0.576 bits per heavy atom. The predicted octanol–water partition coefficient (Wildman–Crippen LogP) is 4.02. The van der Waals surface area contributed by atoms with Crippen LogP contribution in [0.3, 0.4) is 0 Å². The molecule has 0 N–H and O–H groups in total. The van der Waals surface area contributed by atoms with Crippen LogP contribution in [0.2, 0.25) is 0 Å². The maximum atomic E-state index is 6.76. The fraction of sp³-hybridized carbons (Fsp3) is 1.00. The summed E-state index contributed by atoms with van der Waals surface area (Å²) in [6.07, 6.45) is 3.05. The summed E-state index contributed by atoms with van der Waals surface area (Å²) in [5.74, 6) is 0. The second-order valence-corrected chi connectivity index (χ2v) is 13.7. The molecule has 3 heterocycles. The molecule has 0 aliphatic carbocycles. The molecular formula is C27H53N3O3. The van der Waals surface area contributed by atoms with Gasteiger partial charge in [0.05, 0.1) is 37.1 Å². The molecule has 3 saturated heterocycles. The van der Waals surface area contributed by atoms with Gasteiger partial charge in [0.2, 0.25) is 0 Å². The summed E-state index contributed by atoms with van der Waals surface area (Å²) in [4.78, 5) is 7.75. The van der Waals surface area contributed by atoms with Gasteiger partial charge in [-0.1, -0.05) is 0 Å². The van der Waals surface area contributed by atoms with E-state index in [1.807, 2.05) is 0 Å². The van der Waals surface area contributed by atoms with E-state index in [0.717, 1.165) is 58.7 Å². The van der Waals surface area contributed by atoms with Crippen molar-refractivity contribution in [2.24, 2.45) is 0 Å². The summed E-state index contributed by atoms with van der Waals surface area (Å²) in [7, 11) is 0. The average Bonchev–Trinajstić information content (AvgIpc) is 2.65. The fourth-order valence-corrected chi connectivity index (χ4v) is 5.51. The van der Waals surface area contributed by atoms with E-state index in [1.165, 1.54) is 0 Å². The third kappa shape index (κ3) is 7.88. The molecule has 0 amide bonds. The van der Waals surface area contributed by atoms with Crippen LogP contribution in [0.15, 0.2) is 0 Å². The molecule has 3 fully saturated rings. The Hall–Kier alpha value is -0.240. The van der Waals surface area contributed by atoms with Crippen molar-refractivity contribution >= 4 is 0 Å². The van der Waals surface area contributed by atoms with Gasteiger partial charge < -0.3 is 14.2 Å². The third-order valence-corrected chi connectivity index (χ3v) is 7.60. The molecule has 5 atom stereocenters. The highest BCUT2D eigenvalue weighted by atomic mass is 16.5. The topological polar surface area (TPSA) is 37.4 Å². The van der Waals surface area contributed by atoms with Crippen LogP contribution in [-0.4, -0.2) is 108 Å². The van der Waals surface area contributed by atoms with Gasteiger partial charge in [0.15, 0.2) is 0 Å². The molecule has 0 bridgehead atoms. The molecule has 6 heteroatoms. The first-order valence-corrected chi connectivity index (χ1v) is 13.3. The van der Waals surface area contributed by atoms with E-state index in [4.69, 9.17) is 14.2 Å². The molecule has 0 aromatic carbocycles. The van der Waals surface area contributed by atoms with Crippen LogP contribution in [0.5, 0.6) is 0 Å². The van der Waals surface area contributed by atoms with E-state index in [0.29, 0.717) is 0 Å². The maximum absolute atomic E-state index is 6.76. The molecule has 0 radical (unpaired) electrons. The molecule has 3 unspecified atom stereocenters. The zero-order valence-electron chi connectivity index (χ0n) is 23.3. The number of nitrogens with zero attached hydrogens (tertiary/aromatic N) is 3. The van der Waals surface area contributed by atoms with Crippen molar-refractivity contribution in [1.82, 2.24) is 14.7 Å². The normalized spacial score (nSPS) is 34.5. The summed E-state index contributed by atoms with van der Waals surface area (Å²) >= 11 is 0. The number of morpholine rings is 3. The Bertz CT molecular complexity index is 622. The Labute approximate surface area is 204 Å². The second kappa shape index (κ2) is 10.4. The van der Waals surface area contributed by atoms with Crippen LogP contribution in [0, 0.1) is 0 Å². The van der Waals surface area contributed by atoms with Crippen molar-refractivity contribution in [2.45, 2.75) is 129 Å². The van der Waals surface area contributed by atoms with Crippen molar-refractivity contribution in [3.05, 3.63) is 0 Å². The Morgan fingerprint density at radius 2 is 1.00 bits per heavy atom. The monoisotopic (exact) mass is 467 g/mol. The minimum Gasteiger partial charge on any atom is -0.375 e. The van der Waals surface area contributed by atoms with Crippen molar-refractivity contribution in [1.29, 1.82) is 0 Å². The largest absolute Gasteiger partial charge is 0.375 e. The summed E-state index contributed by atoms with van der Waals surface area (Å²) < 4.78 is 19.4. The van der Waals surface area contributed by atoms with Crippen molar-refractivity contribution < 1.29 is 14.2 Å². The van der Waals surface area contributed by atoms with E-state index in [2.05, 4.69) is 83.9 Å². The standard InChI is InChI=1S/C27H53N3O3/c1-20-15-29(26(5,6)7)17-22(32-20)14-24-19-30(27(8,9)10)18-23(33-24)13-21-16-28(11-12-31-21)25(2,3)4/h20-24H,11-19H2,1-10H3/t20?,21-,22?,23?,24+/m1/s1. The minimum atomic E-state index is 0.128. The van der Waals surface area contributed by atoms with Gasteiger partial charge in [0, 0.05) is 68.7 Å². The molecule has 33 heavy (non-hydrogen) atoms. The Kier molecular flexibility index (Phi) is 8.62. The number of rotatable bonds is 4. The first kappa shape index (κ1) is 27.3. The zero-order valence-corrected chi connectivity index (χ0v) is 23.3. The van der Waals surface area contributed by atoms with E-state index in [-0.39, 0.29) is 47.1 Å². The van der Waals surface area contributed by atoms with E-state index < -0.39 is 0 Å². The summed E-state index contributed by atoms with van der Waals surface area (Å²) in [6.45, 7) is 29.8. The summed E-state index contributed by atoms with van der Waals surface area (Å²) in [5.41, 5.74) is 0.480. The van der Waals surface area contributed by atoms with E-state index in [9.17, 15) is 0 Å². The lowest BCUT2D eigenvalue weighted by atomic mass is 9.96. The van der Waals surface area contributed by atoms with Gasteiger partial charge in [-0.3, -0.25) is 14.7 Å². The first-order chi connectivity index (χ1) is 15.1. The lowest BCUT2D eigenvalue weighted by molar-refractivity contribution is -0.162. The first-order valence-electron chi connectivity index (χ1n) is 13.3. The van der Waals surface area contributed by atoms with E-state index in [1.54, 1.807) is 0 Å². The van der Waals surface area contributed by atoms with Gasteiger partial charge >= 0.3 is 0 Å². The number of ether oxygens (including phenoxy) is 3. The molecule has 0 aromatic rings. The fourth-order valence-electron chi connectivity index (χ4n) is 5.51. The van der Waals surface area contributed by atoms with E-state index >= 15 is 0 Å². The smallest absolute Gasteiger partial charge is 0.0731 e. The van der Waals surface area contributed by atoms with Gasteiger partial charge in [0.1, 0.15) is 0 Å². The van der Waals surface area contributed by atoms with Crippen LogP contribution in [-0.2, 0) is 14.2 Å². The van der Waals surface area contributed by atoms with Crippen molar-refractivity contribution in [3.8, 4) is 0 Å². The third-order valence-electron chi connectivity index (χ3n) is 7.60. The molecule has 3 aliphatic heterocycles. The molecule has 0 spiro atoms. The SMILES string of the molecule is CC1CN(C(C)(C)C)CC(C[C@H]2CN(C(C)(C)C)CC(C[C@@H]3CN(C(C)(C)C)CCO3)O2)O1. The Morgan fingerprint density at radius 3 is 1.52 bits per heavy atom. The molecule has 3 aliphatic rings. The average molecular weight is 468 g/mol. The van der Waals surface area contributed by atoms with Gasteiger partial charge in [-0.25, -0.2) is 0 Å².